The van der Waals surface area contributed by atoms with Crippen molar-refractivity contribution in [3.8, 4) is 0 Å². The third-order valence-corrected chi connectivity index (χ3v) is 2.40. The summed E-state index contributed by atoms with van der Waals surface area (Å²) >= 11 is 0. The molecule has 1 aliphatic heterocycles. The molecule has 0 aromatic heterocycles. The lowest BCUT2D eigenvalue weighted by atomic mass is 9.99. The van der Waals surface area contributed by atoms with Crippen LogP contribution in [0.2, 0.25) is 0 Å². The number of hydrogen-bond acceptors (Lipinski definition) is 3. The van der Waals surface area contributed by atoms with Crippen molar-refractivity contribution in [2.45, 2.75) is 12.8 Å². The Morgan fingerprint density at radius 2 is 2.46 bits per heavy atom. The van der Waals surface area contributed by atoms with Gasteiger partial charge in [0, 0.05) is 13.1 Å². The van der Waals surface area contributed by atoms with E-state index in [4.69, 9.17) is 5.84 Å². The van der Waals surface area contributed by atoms with Crippen molar-refractivity contribution in [2.75, 3.05) is 26.7 Å². The molecule has 1 rings (SSSR count). The number of hydrazine groups is 1. The standard InChI is InChI=1S/C8H18N4O/c1-12-4-2-3-7(6-12)5-10-8(13)11-9/h7H,2-6,9H2,1H3,(H2,10,11,13). The van der Waals surface area contributed by atoms with Gasteiger partial charge in [-0.05, 0) is 32.4 Å². The van der Waals surface area contributed by atoms with Crippen LogP contribution >= 0.6 is 0 Å². The van der Waals surface area contributed by atoms with Gasteiger partial charge < -0.3 is 10.2 Å². The molecule has 0 aliphatic carbocycles. The number of hydrogen-bond donors (Lipinski definition) is 3. The smallest absolute Gasteiger partial charge is 0.328 e. The summed E-state index contributed by atoms with van der Waals surface area (Å²) in [5.74, 6) is 5.51. The number of nitrogens with zero attached hydrogens (tertiary/aromatic N) is 1. The molecule has 1 saturated heterocycles. The predicted octanol–water partition coefficient (Wildman–Crippen LogP) is -0.499. The first-order valence-electron chi connectivity index (χ1n) is 4.65. The van der Waals surface area contributed by atoms with Crippen molar-refractivity contribution >= 4 is 6.03 Å². The zero-order valence-corrected chi connectivity index (χ0v) is 8.05. The summed E-state index contributed by atoms with van der Waals surface area (Å²) in [6.45, 7) is 2.94. The Morgan fingerprint density at radius 1 is 1.69 bits per heavy atom. The highest BCUT2D eigenvalue weighted by Crippen LogP contribution is 2.13. The summed E-state index contributed by atoms with van der Waals surface area (Å²) in [4.78, 5) is 13.1. The molecule has 5 nitrogen and oxygen atoms in total. The summed E-state index contributed by atoms with van der Waals surface area (Å²) in [7, 11) is 2.11. The van der Waals surface area contributed by atoms with Crippen LogP contribution in [0.4, 0.5) is 4.79 Å². The molecule has 76 valence electrons. The van der Waals surface area contributed by atoms with E-state index in [1.54, 1.807) is 0 Å². The number of nitrogens with one attached hydrogen (secondary N) is 2. The molecule has 1 aliphatic rings. The Labute approximate surface area is 78.6 Å². The van der Waals surface area contributed by atoms with Gasteiger partial charge in [-0.25, -0.2) is 10.6 Å². The number of carbonyl (C=O) groups is 1. The minimum absolute atomic E-state index is 0.298. The van der Waals surface area contributed by atoms with E-state index in [9.17, 15) is 4.79 Å². The van der Waals surface area contributed by atoms with Crippen LogP contribution in [0.3, 0.4) is 0 Å². The highest BCUT2D eigenvalue weighted by atomic mass is 16.2. The third-order valence-electron chi connectivity index (χ3n) is 2.40. The van der Waals surface area contributed by atoms with Crippen LogP contribution in [0.1, 0.15) is 12.8 Å². The van der Waals surface area contributed by atoms with Crippen LogP contribution in [-0.2, 0) is 0 Å². The Kier molecular flexibility index (Phi) is 3.98. The summed E-state index contributed by atoms with van der Waals surface area (Å²) in [5, 5.41) is 2.72. The van der Waals surface area contributed by atoms with Crippen LogP contribution in [0.5, 0.6) is 0 Å². The molecule has 0 radical (unpaired) electrons. The van der Waals surface area contributed by atoms with Crippen LogP contribution in [0.15, 0.2) is 0 Å². The highest BCUT2D eigenvalue weighted by Gasteiger charge is 2.17. The van der Waals surface area contributed by atoms with Gasteiger partial charge in [0.25, 0.3) is 0 Å². The second kappa shape index (κ2) is 5.04. The van der Waals surface area contributed by atoms with E-state index in [0.29, 0.717) is 12.5 Å². The van der Waals surface area contributed by atoms with Gasteiger partial charge in [0.15, 0.2) is 0 Å². The second-order valence-electron chi connectivity index (χ2n) is 3.62. The Morgan fingerprint density at radius 3 is 3.08 bits per heavy atom. The van der Waals surface area contributed by atoms with E-state index in [-0.39, 0.29) is 6.03 Å². The number of amides is 2. The van der Waals surface area contributed by atoms with Crippen molar-refractivity contribution in [1.82, 2.24) is 15.6 Å². The molecular formula is C8H18N4O. The van der Waals surface area contributed by atoms with Gasteiger partial charge >= 0.3 is 6.03 Å². The average Bonchev–Trinajstić information content (AvgIpc) is 2.14. The summed E-state index contributed by atoms with van der Waals surface area (Å²) < 4.78 is 0. The molecule has 0 aromatic carbocycles. The number of piperidine rings is 1. The van der Waals surface area contributed by atoms with Gasteiger partial charge in [-0.15, -0.1) is 0 Å². The fourth-order valence-corrected chi connectivity index (χ4v) is 1.73. The third kappa shape index (κ3) is 3.61. The molecule has 2 amide bonds. The number of nitrogens with two attached hydrogens (primary N) is 1. The lowest BCUT2D eigenvalue weighted by Gasteiger charge is -2.29. The van der Waals surface area contributed by atoms with Gasteiger partial charge in [0.05, 0.1) is 0 Å². The maximum Gasteiger partial charge on any atom is 0.328 e. The Bertz CT molecular complexity index is 174. The summed E-state index contributed by atoms with van der Waals surface area (Å²) in [6, 6.07) is -0.298. The van der Waals surface area contributed by atoms with Crippen LogP contribution in [-0.4, -0.2) is 37.6 Å². The predicted molar refractivity (Wildman–Crippen MR) is 50.9 cm³/mol. The molecular weight excluding hydrogens is 168 g/mol. The fraction of sp³-hybridized carbons (Fsp3) is 0.875. The molecule has 1 atom stereocenters. The molecule has 1 fully saturated rings. The molecule has 4 N–H and O–H groups in total. The lowest BCUT2D eigenvalue weighted by molar-refractivity contribution is 0.202. The normalized spacial score (nSPS) is 24.0. The molecule has 0 saturated carbocycles. The van der Waals surface area contributed by atoms with E-state index in [1.807, 2.05) is 0 Å². The first-order valence-corrected chi connectivity index (χ1v) is 4.65. The fourth-order valence-electron chi connectivity index (χ4n) is 1.73. The van der Waals surface area contributed by atoms with Crippen molar-refractivity contribution < 1.29 is 4.79 Å². The minimum Gasteiger partial charge on any atom is -0.337 e. The van der Waals surface area contributed by atoms with Crippen molar-refractivity contribution in [3.05, 3.63) is 0 Å². The van der Waals surface area contributed by atoms with Gasteiger partial charge in [0.2, 0.25) is 0 Å². The monoisotopic (exact) mass is 186 g/mol. The lowest BCUT2D eigenvalue weighted by Crippen LogP contribution is -2.44. The number of urea groups is 1. The van der Waals surface area contributed by atoms with E-state index in [1.165, 1.54) is 19.4 Å². The van der Waals surface area contributed by atoms with Crippen molar-refractivity contribution in [3.63, 3.8) is 0 Å². The number of rotatable bonds is 2. The van der Waals surface area contributed by atoms with Crippen LogP contribution in [0, 0.1) is 5.92 Å². The van der Waals surface area contributed by atoms with E-state index in [0.717, 1.165) is 6.54 Å². The molecule has 5 heteroatoms. The molecule has 0 spiro atoms. The molecule has 0 bridgehead atoms. The average molecular weight is 186 g/mol. The first kappa shape index (κ1) is 10.3. The molecule has 0 aromatic rings. The minimum atomic E-state index is -0.298. The van der Waals surface area contributed by atoms with Crippen molar-refractivity contribution in [2.24, 2.45) is 11.8 Å². The Balaban J connectivity index is 2.17. The van der Waals surface area contributed by atoms with Crippen LogP contribution < -0.4 is 16.6 Å². The van der Waals surface area contributed by atoms with E-state index >= 15 is 0 Å². The van der Waals surface area contributed by atoms with Gasteiger partial charge in [-0.1, -0.05) is 0 Å². The quantitative estimate of drug-likeness (QED) is 0.309. The molecule has 1 unspecified atom stereocenters. The highest BCUT2D eigenvalue weighted by molar-refractivity contribution is 5.72. The maximum atomic E-state index is 10.8. The number of carbonyl (C=O) groups excluding carboxylic acids is 1. The summed E-state index contributed by atoms with van der Waals surface area (Å²) in [6.07, 6.45) is 2.41. The SMILES string of the molecule is CN1CCCC(CNC(=O)NN)C1. The van der Waals surface area contributed by atoms with Gasteiger partial charge in [-0.2, -0.15) is 0 Å². The van der Waals surface area contributed by atoms with Crippen molar-refractivity contribution in [1.29, 1.82) is 0 Å². The zero-order valence-electron chi connectivity index (χ0n) is 8.05. The maximum absolute atomic E-state index is 10.8. The molecule has 13 heavy (non-hydrogen) atoms. The number of likely N-dealkylation sites (tertiary alicyclic amines) is 1. The molecule has 1 heterocycles. The first-order chi connectivity index (χ1) is 6.22. The van der Waals surface area contributed by atoms with E-state index in [2.05, 4.69) is 22.7 Å². The largest absolute Gasteiger partial charge is 0.337 e. The summed E-state index contributed by atoms with van der Waals surface area (Å²) in [5.41, 5.74) is 2.05. The zero-order chi connectivity index (χ0) is 9.68. The van der Waals surface area contributed by atoms with E-state index < -0.39 is 0 Å². The van der Waals surface area contributed by atoms with Gasteiger partial charge in [-0.3, -0.25) is 5.43 Å². The topological polar surface area (TPSA) is 70.4 Å². The second-order valence-corrected chi connectivity index (χ2v) is 3.62. The van der Waals surface area contributed by atoms with Crippen LogP contribution in [0.25, 0.3) is 0 Å². The Hall–Kier alpha value is -0.810. The van der Waals surface area contributed by atoms with Gasteiger partial charge in [0.1, 0.15) is 0 Å².